The molecule has 2 atom stereocenters. The summed E-state index contributed by atoms with van der Waals surface area (Å²) in [7, 11) is 1.47. The summed E-state index contributed by atoms with van der Waals surface area (Å²) in [6.45, 7) is 3.81. The quantitative estimate of drug-likeness (QED) is 0.613. The van der Waals surface area contributed by atoms with Gasteiger partial charge in [0.2, 0.25) is 5.91 Å². The molecule has 0 aliphatic rings. The highest BCUT2D eigenvalue weighted by Gasteiger charge is 2.12. The summed E-state index contributed by atoms with van der Waals surface area (Å²) < 4.78 is 4.82. The van der Waals surface area contributed by atoms with Crippen molar-refractivity contribution in [2.75, 3.05) is 13.7 Å². The van der Waals surface area contributed by atoms with Gasteiger partial charge in [-0.3, -0.25) is 9.59 Å². The van der Waals surface area contributed by atoms with Gasteiger partial charge in [-0.15, -0.1) is 0 Å². The van der Waals surface area contributed by atoms with Crippen LogP contribution in [0.1, 0.15) is 26.7 Å². The molecule has 15 heavy (non-hydrogen) atoms. The van der Waals surface area contributed by atoms with Crippen molar-refractivity contribution in [3.8, 4) is 0 Å². The van der Waals surface area contributed by atoms with E-state index in [1.807, 2.05) is 0 Å². The molecular weight excluding hydrogens is 198 g/mol. The molecule has 0 spiro atoms. The predicted molar refractivity (Wildman–Crippen MR) is 55.5 cm³/mol. The first-order valence-electron chi connectivity index (χ1n) is 5.02. The van der Waals surface area contributed by atoms with E-state index in [9.17, 15) is 9.59 Å². The Balaban J connectivity index is 3.54. The highest BCUT2D eigenvalue weighted by atomic mass is 16.5. The lowest BCUT2D eigenvalue weighted by Crippen LogP contribution is -2.34. The van der Waals surface area contributed by atoms with Crippen molar-refractivity contribution in [3.63, 3.8) is 0 Å². The molecule has 0 fully saturated rings. The zero-order chi connectivity index (χ0) is 11.8. The Morgan fingerprint density at radius 2 is 2.00 bits per heavy atom. The number of amides is 1. The third-order valence-electron chi connectivity index (χ3n) is 2.26. The van der Waals surface area contributed by atoms with Crippen LogP contribution in [0.2, 0.25) is 0 Å². The minimum absolute atomic E-state index is 0.166. The molecule has 0 aromatic heterocycles. The number of carboxylic acids is 1. The first kappa shape index (κ1) is 13.9. The second-order valence-corrected chi connectivity index (χ2v) is 3.55. The Hall–Kier alpha value is -1.10. The Kier molecular flexibility index (Phi) is 6.70. The third kappa shape index (κ3) is 6.06. The molecule has 0 saturated carbocycles. The zero-order valence-electron chi connectivity index (χ0n) is 9.45. The average Bonchev–Trinajstić information content (AvgIpc) is 2.22. The van der Waals surface area contributed by atoms with E-state index in [-0.39, 0.29) is 11.8 Å². The topological polar surface area (TPSA) is 75.6 Å². The van der Waals surface area contributed by atoms with Crippen LogP contribution in [0.4, 0.5) is 0 Å². The van der Waals surface area contributed by atoms with Gasteiger partial charge in [-0.2, -0.15) is 0 Å². The highest BCUT2D eigenvalue weighted by molar-refractivity contribution is 5.80. The van der Waals surface area contributed by atoms with Crippen molar-refractivity contribution >= 4 is 11.9 Å². The number of carboxylic acid groups (broad SMARTS) is 1. The fourth-order valence-corrected chi connectivity index (χ4v) is 0.994. The predicted octanol–water partition coefficient (Wildman–Crippen LogP) is 0.638. The number of hydrogen-bond acceptors (Lipinski definition) is 3. The summed E-state index contributed by atoms with van der Waals surface area (Å²) in [5.41, 5.74) is 0. The summed E-state index contributed by atoms with van der Waals surface area (Å²) in [6.07, 6.45) is 0.772. The number of aliphatic carboxylic acids is 1. The van der Waals surface area contributed by atoms with E-state index in [1.54, 1.807) is 13.8 Å². The minimum atomic E-state index is -0.799. The molecule has 2 unspecified atom stereocenters. The minimum Gasteiger partial charge on any atom is -0.481 e. The van der Waals surface area contributed by atoms with Crippen LogP contribution in [-0.4, -0.2) is 36.7 Å². The lowest BCUT2D eigenvalue weighted by Gasteiger charge is -2.10. The summed E-state index contributed by atoms with van der Waals surface area (Å²) in [4.78, 5) is 21.7. The van der Waals surface area contributed by atoms with Crippen molar-refractivity contribution in [1.29, 1.82) is 0 Å². The van der Waals surface area contributed by atoms with Gasteiger partial charge in [0.1, 0.15) is 6.10 Å². The molecule has 0 heterocycles. The van der Waals surface area contributed by atoms with E-state index in [4.69, 9.17) is 9.84 Å². The van der Waals surface area contributed by atoms with Crippen molar-refractivity contribution in [3.05, 3.63) is 0 Å². The molecule has 0 aromatic rings. The molecule has 5 nitrogen and oxygen atoms in total. The molecule has 0 bridgehead atoms. The molecule has 5 heteroatoms. The van der Waals surface area contributed by atoms with Gasteiger partial charge >= 0.3 is 5.97 Å². The maximum absolute atomic E-state index is 11.2. The van der Waals surface area contributed by atoms with E-state index < -0.39 is 12.1 Å². The van der Waals surface area contributed by atoms with Gasteiger partial charge < -0.3 is 15.2 Å². The fourth-order valence-electron chi connectivity index (χ4n) is 0.994. The van der Waals surface area contributed by atoms with Crippen molar-refractivity contribution in [2.24, 2.45) is 5.92 Å². The summed E-state index contributed by atoms with van der Waals surface area (Å²) in [5, 5.41) is 11.3. The van der Waals surface area contributed by atoms with Crippen LogP contribution in [0.3, 0.4) is 0 Å². The molecule has 0 aliphatic carbocycles. The van der Waals surface area contributed by atoms with E-state index in [2.05, 4.69) is 5.32 Å². The fraction of sp³-hybridized carbons (Fsp3) is 0.800. The second kappa shape index (κ2) is 7.23. The molecule has 1 amide bonds. The molecule has 88 valence electrons. The Labute approximate surface area is 89.8 Å². The van der Waals surface area contributed by atoms with Gasteiger partial charge in [-0.25, -0.2) is 0 Å². The first-order chi connectivity index (χ1) is 6.99. The lowest BCUT2D eigenvalue weighted by atomic mass is 10.1. The maximum Gasteiger partial charge on any atom is 0.306 e. The normalized spacial score (nSPS) is 14.3. The van der Waals surface area contributed by atoms with E-state index >= 15 is 0 Å². The molecule has 0 saturated heterocycles. The number of hydrogen-bond donors (Lipinski definition) is 2. The van der Waals surface area contributed by atoms with Gasteiger partial charge in [0.05, 0.1) is 5.92 Å². The largest absolute Gasteiger partial charge is 0.481 e. The third-order valence-corrected chi connectivity index (χ3v) is 2.26. The van der Waals surface area contributed by atoms with Crippen molar-refractivity contribution in [2.45, 2.75) is 32.8 Å². The number of nitrogens with one attached hydrogen (secondary N) is 1. The van der Waals surface area contributed by atoms with E-state index in [1.165, 1.54) is 7.11 Å². The summed E-state index contributed by atoms with van der Waals surface area (Å²) in [5.74, 6) is -1.33. The van der Waals surface area contributed by atoms with Crippen LogP contribution < -0.4 is 5.32 Å². The molecule has 0 aliphatic heterocycles. The Morgan fingerprint density at radius 3 is 2.47 bits per heavy atom. The summed E-state index contributed by atoms with van der Waals surface area (Å²) >= 11 is 0. The van der Waals surface area contributed by atoms with Crippen LogP contribution in [-0.2, 0) is 14.3 Å². The number of rotatable bonds is 7. The van der Waals surface area contributed by atoms with Crippen LogP contribution in [0, 0.1) is 5.92 Å². The SMILES string of the molecule is COC(C)C(=O)NCCCC(C)C(=O)O. The first-order valence-corrected chi connectivity index (χ1v) is 5.02. The van der Waals surface area contributed by atoms with Crippen LogP contribution >= 0.6 is 0 Å². The number of methoxy groups -OCH3 is 1. The molecule has 0 aromatic carbocycles. The van der Waals surface area contributed by atoms with Gasteiger partial charge in [-0.05, 0) is 19.8 Å². The lowest BCUT2D eigenvalue weighted by molar-refractivity contribution is -0.141. The molecule has 0 rings (SSSR count). The smallest absolute Gasteiger partial charge is 0.306 e. The van der Waals surface area contributed by atoms with E-state index in [0.29, 0.717) is 19.4 Å². The van der Waals surface area contributed by atoms with Crippen molar-refractivity contribution in [1.82, 2.24) is 5.32 Å². The Morgan fingerprint density at radius 1 is 1.40 bits per heavy atom. The van der Waals surface area contributed by atoms with E-state index in [0.717, 1.165) is 0 Å². The van der Waals surface area contributed by atoms with Crippen LogP contribution in [0.5, 0.6) is 0 Å². The molecule has 2 N–H and O–H groups in total. The van der Waals surface area contributed by atoms with Gasteiger partial charge in [0.25, 0.3) is 0 Å². The average molecular weight is 217 g/mol. The highest BCUT2D eigenvalue weighted by Crippen LogP contribution is 2.04. The van der Waals surface area contributed by atoms with Crippen molar-refractivity contribution < 1.29 is 19.4 Å². The van der Waals surface area contributed by atoms with Crippen LogP contribution in [0.15, 0.2) is 0 Å². The molecular formula is C10H19NO4. The number of ether oxygens (including phenoxy) is 1. The molecule has 0 radical (unpaired) electrons. The standard InChI is InChI=1S/C10H19NO4/c1-7(10(13)14)5-4-6-11-9(12)8(2)15-3/h7-8H,4-6H2,1-3H3,(H,11,12)(H,13,14). The Bertz CT molecular complexity index is 217. The van der Waals surface area contributed by atoms with Crippen LogP contribution in [0.25, 0.3) is 0 Å². The second-order valence-electron chi connectivity index (χ2n) is 3.55. The number of carbonyl (C=O) groups excluding carboxylic acids is 1. The monoisotopic (exact) mass is 217 g/mol. The zero-order valence-corrected chi connectivity index (χ0v) is 9.45. The van der Waals surface area contributed by atoms with Gasteiger partial charge in [-0.1, -0.05) is 6.92 Å². The summed E-state index contributed by atoms with van der Waals surface area (Å²) in [6, 6.07) is 0. The number of carbonyl (C=O) groups is 2. The van der Waals surface area contributed by atoms with Gasteiger partial charge in [0, 0.05) is 13.7 Å². The van der Waals surface area contributed by atoms with Gasteiger partial charge in [0.15, 0.2) is 0 Å². The maximum atomic E-state index is 11.2.